The average Bonchev–Trinajstić information content (AvgIpc) is 3.59. The number of rotatable bonds is 8. The molecule has 5 rings (SSSR count). The molecule has 3 aromatic rings. The first kappa shape index (κ1) is 28.8. The summed E-state index contributed by atoms with van der Waals surface area (Å²) in [5.74, 6) is -1.80. The molecule has 0 spiro atoms. The molecule has 9 nitrogen and oxygen atoms in total. The van der Waals surface area contributed by atoms with Crippen molar-refractivity contribution in [2.75, 3.05) is 0 Å². The number of nitrogens with one attached hydrogen (secondary N) is 2. The van der Waals surface area contributed by atoms with Crippen LogP contribution in [0.15, 0.2) is 30.8 Å². The van der Waals surface area contributed by atoms with E-state index in [0.717, 1.165) is 66.6 Å². The highest BCUT2D eigenvalue weighted by Gasteiger charge is 2.22. The maximum Gasteiger partial charge on any atom is 0.303 e. The number of carboxylic acid groups (broad SMARTS) is 2. The maximum absolute atomic E-state index is 11.5. The van der Waals surface area contributed by atoms with Crippen LogP contribution >= 0.6 is 0 Å². The van der Waals surface area contributed by atoms with Gasteiger partial charge in [0.05, 0.1) is 29.4 Å². The van der Waals surface area contributed by atoms with Crippen LogP contribution in [-0.2, 0) is 16.2 Å². The van der Waals surface area contributed by atoms with Gasteiger partial charge in [-0.05, 0) is 98.2 Å². The summed E-state index contributed by atoms with van der Waals surface area (Å²) in [6.07, 6.45) is 2.26. The van der Waals surface area contributed by atoms with E-state index >= 15 is 0 Å². The minimum Gasteiger partial charge on any atom is -0.481 e. The van der Waals surface area contributed by atoms with Gasteiger partial charge in [-0.15, -0.1) is 0 Å². The molecule has 0 saturated carbocycles. The lowest BCUT2D eigenvalue weighted by atomic mass is 9.98. The number of nitrogens with zero attached hydrogens (tertiary/aromatic N) is 2. The Bertz CT molecular complexity index is 1890. The summed E-state index contributed by atoms with van der Waals surface area (Å²) in [6, 6.07) is 7.68. The number of aliphatic hydroxyl groups excluding tert-OH is 1. The molecule has 3 aromatic heterocycles. The number of aromatic nitrogens is 4. The quantitative estimate of drug-likeness (QED) is 0.204. The van der Waals surface area contributed by atoms with Gasteiger partial charge in [0.2, 0.25) is 0 Å². The highest BCUT2D eigenvalue weighted by atomic mass is 16.4. The molecule has 2 aliphatic heterocycles. The van der Waals surface area contributed by atoms with Crippen molar-refractivity contribution in [1.82, 2.24) is 19.9 Å². The molecule has 5 N–H and O–H groups in total. The summed E-state index contributed by atoms with van der Waals surface area (Å²) in [5, 5.41) is 29.1. The van der Waals surface area contributed by atoms with E-state index in [1.54, 1.807) is 6.08 Å². The Hall–Kier alpha value is -4.76. The van der Waals surface area contributed by atoms with Gasteiger partial charge < -0.3 is 25.3 Å². The van der Waals surface area contributed by atoms with E-state index in [9.17, 15) is 24.9 Å². The van der Waals surface area contributed by atoms with Gasteiger partial charge in [-0.25, -0.2) is 9.97 Å². The Morgan fingerprint density at radius 1 is 0.738 bits per heavy atom. The third-order valence-corrected chi connectivity index (χ3v) is 8.26. The number of allylic oxidation sites excluding steroid dienone is 4. The van der Waals surface area contributed by atoms with E-state index < -0.39 is 11.9 Å². The number of aryl methyl sites for hydroxylation is 2. The van der Waals surface area contributed by atoms with Crippen molar-refractivity contribution in [3.8, 4) is 0 Å². The Morgan fingerprint density at radius 2 is 1.24 bits per heavy atom. The number of aliphatic hydroxyl groups is 1. The minimum atomic E-state index is -0.904. The highest BCUT2D eigenvalue weighted by Crippen LogP contribution is 2.38. The van der Waals surface area contributed by atoms with E-state index in [4.69, 9.17) is 9.97 Å². The predicted octanol–water partition coefficient (Wildman–Crippen LogP) is 6.66. The van der Waals surface area contributed by atoms with Gasteiger partial charge in [0.25, 0.3) is 0 Å². The predicted molar refractivity (Wildman–Crippen MR) is 165 cm³/mol. The molecule has 42 heavy (non-hydrogen) atoms. The van der Waals surface area contributed by atoms with Crippen molar-refractivity contribution in [3.63, 3.8) is 0 Å². The first-order chi connectivity index (χ1) is 20.0. The normalized spacial score (nSPS) is 13.2. The summed E-state index contributed by atoms with van der Waals surface area (Å²) in [6.45, 7) is 11.7. The first-order valence-corrected chi connectivity index (χ1v) is 13.8. The maximum atomic E-state index is 11.5. The first-order valence-electron chi connectivity index (χ1n) is 13.8. The molecule has 0 fully saturated rings. The molecular formula is C33H34N4O5. The SMILES string of the molecule is C=Cc1c(C)c2cc3[nH]c(cc4nc(cc5nc(cc1[nH]2)C(C)=C5CCC(=O)O)C(CCC(=O)O)=C4C)c(C)c3CO. The number of H-pyrrole nitrogens is 2. The van der Waals surface area contributed by atoms with Gasteiger partial charge in [0, 0.05) is 46.0 Å². The van der Waals surface area contributed by atoms with Crippen molar-refractivity contribution in [1.29, 1.82) is 0 Å². The van der Waals surface area contributed by atoms with Crippen LogP contribution in [0.25, 0.3) is 50.4 Å². The average molecular weight is 567 g/mol. The summed E-state index contributed by atoms with van der Waals surface area (Å²) in [7, 11) is 0. The summed E-state index contributed by atoms with van der Waals surface area (Å²) >= 11 is 0. The van der Waals surface area contributed by atoms with Crippen LogP contribution in [0.5, 0.6) is 0 Å². The lowest BCUT2D eigenvalue weighted by molar-refractivity contribution is -0.137. The zero-order chi connectivity index (χ0) is 30.3. The fourth-order valence-electron chi connectivity index (χ4n) is 5.74. The van der Waals surface area contributed by atoms with Gasteiger partial charge in [-0.1, -0.05) is 12.7 Å². The smallest absolute Gasteiger partial charge is 0.303 e. The van der Waals surface area contributed by atoms with Crippen LogP contribution in [0.4, 0.5) is 0 Å². The van der Waals surface area contributed by atoms with Crippen LogP contribution in [0.3, 0.4) is 0 Å². The lowest BCUT2D eigenvalue weighted by Crippen LogP contribution is -1.97. The molecule has 0 amide bonds. The molecule has 0 aromatic carbocycles. The topological polar surface area (TPSA) is 152 Å². The highest BCUT2D eigenvalue weighted by molar-refractivity contribution is 5.96. The van der Waals surface area contributed by atoms with Crippen molar-refractivity contribution < 1.29 is 24.9 Å². The molecule has 0 atom stereocenters. The Morgan fingerprint density at radius 3 is 1.74 bits per heavy atom. The standard InChI is InChI=1S/C33H34N4O5/c1-6-20-16(2)26-13-31-23(15-38)19(5)25(37-31)11-24-17(3)21(7-9-32(39)40)29(35-24)14-30-22(8-10-33(41)42)18(4)27(36-30)12-28(20)34-26/h6,11-14,34,37-38H,1,7-10,15H2,2-5H3,(H,39,40)(H,41,42). The number of carboxylic acids is 2. The molecule has 2 aliphatic rings. The van der Waals surface area contributed by atoms with Crippen LogP contribution in [-0.4, -0.2) is 47.2 Å². The van der Waals surface area contributed by atoms with Crippen molar-refractivity contribution in [2.45, 2.75) is 60.0 Å². The summed E-state index contributed by atoms with van der Waals surface area (Å²) in [5.41, 5.74) is 12.7. The van der Waals surface area contributed by atoms with Crippen LogP contribution in [0, 0.1) is 13.8 Å². The Kier molecular flexibility index (Phi) is 7.71. The van der Waals surface area contributed by atoms with Gasteiger partial charge in [-0.2, -0.15) is 0 Å². The van der Waals surface area contributed by atoms with Gasteiger partial charge in [0.15, 0.2) is 0 Å². The molecule has 0 unspecified atom stereocenters. The Balaban J connectivity index is 1.93. The number of fused-ring (bicyclic) bond motifs is 8. The van der Waals surface area contributed by atoms with Gasteiger partial charge in [-0.3, -0.25) is 9.59 Å². The van der Waals surface area contributed by atoms with Crippen molar-refractivity contribution in [2.24, 2.45) is 0 Å². The van der Waals surface area contributed by atoms with Crippen LogP contribution < -0.4 is 0 Å². The monoisotopic (exact) mass is 566 g/mol. The third kappa shape index (κ3) is 5.19. The minimum absolute atomic E-state index is 0.0504. The second kappa shape index (κ2) is 11.3. The Labute approximate surface area is 243 Å². The molecule has 5 heterocycles. The number of aliphatic carboxylic acids is 2. The molecule has 216 valence electrons. The molecule has 0 saturated heterocycles. The van der Waals surface area contributed by atoms with Crippen molar-refractivity contribution in [3.05, 3.63) is 75.9 Å². The fraction of sp³-hybridized carbons (Fsp3) is 0.273. The molecule has 0 aliphatic carbocycles. The van der Waals surface area contributed by atoms with E-state index in [0.29, 0.717) is 29.2 Å². The number of aromatic amines is 2. The van der Waals surface area contributed by atoms with Crippen LogP contribution in [0.1, 0.15) is 84.6 Å². The van der Waals surface area contributed by atoms with Crippen LogP contribution in [0.2, 0.25) is 0 Å². The van der Waals surface area contributed by atoms with E-state index in [1.807, 2.05) is 52.0 Å². The van der Waals surface area contributed by atoms with E-state index in [-0.39, 0.29) is 25.9 Å². The number of hydrogen-bond donors (Lipinski definition) is 5. The van der Waals surface area contributed by atoms with E-state index in [1.165, 1.54) is 0 Å². The molecule has 9 heteroatoms. The van der Waals surface area contributed by atoms with Crippen molar-refractivity contribution >= 4 is 62.4 Å². The zero-order valence-corrected chi connectivity index (χ0v) is 24.2. The third-order valence-electron chi connectivity index (χ3n) is 8.26. The molecule has 0 radical (unpaired) electrons. The second-order valence-electron chi connectivity index (χ2n) is 10.7. The summed E-state index contributed by atoms with van der Waals surface area (Å²) in [4.78, 5) is 39.8. The van der Waals surface area contributed by atoms with E-state index in [2.05, 4.69) is 16.5 Å². The fourth-order valence-corrected chi connectivity index (χ4v) is 5.74. The van der Waals surface area contributed by atoms with Gasteiger partial charge >= 0.3 is 11.9 Å². The largest absolute Gasteiger partial charge is 0.481 e. The number of carbonyl (C=O) groups is 2. The summed E-state index contributed by atoms with van der Waals surface area (Å²) < 4.78 is 0. The molecule has 8 bridgehead atoms. The lowest BCUT2D eigenvalue weighted by Gasteiger charge is -2.05. The number of hydrogen-bond acceptors (Lipinski definition) is 5. The second-order valence-corrected chi connectivity index (χ2v) is 10.7. The molecular weight excluding hydrogens is 532 g/mol. The van der Waals surface area contributed by atoms with Gasteiger partial charge in [0.1, 0.15) is 0 Å². The zero-order valence-electron chi connectivity index (χ0n) is 24.2.